The van der Waals surface area contributed by atoms with E-state index in [1.807, 2.05) is 35.8 Å². The maximum atomic E-state index is 12.3. The van der Waals surface area contributed by atoms with Gasteiger partial charge in [0.25, 0.3) is 6.43 Å². The second kappa shape index (κ2) is 5.44. The van der Waals surface area contributed by atoms with Crippen molar-refractivity contribution < 1.29 is 8.78 Å². The number of benzene rings is 1. The zero-order chi connectivity index (χ0) is 13.1. The van der Waals surface area contributed by atoms with Crippen molar-refractivity contribution in [3.05, 3.63) is 30.1 Å². The van der Waals surface area contributed by atoms with Gasteiger partial charge in [0.05, 0.1) is 17.1 Å². The van der Waals surface area contributed by atoms with Gasteiger partial charge in [0, 0.05) is 13.1 Å². The van der Waals surface area contributed by atoms with Crippen LogP contribution in [-0.4, -0.2) is 28.6 Å². The van der Waals surface area contributed by atoms with E-state index < -0.39 is 12.5 Å². The Morgan fingerprint density at radius 1 is 1.33 bits per heavy atom. The molecule has 1 aromatic heterocycles. The number of fused-ring (bicyclic) bond motifs is 1. The minimum absolute atomic E-state index is 0.507. The number of aryl methyl sites for hydroxylation is 1. The van der Waals surface area contributed by atoms with Crippen molar-refractivity contribution in [1.29, 1.82) is 0 Å². The van der Waals surface area contributed by atoms with Crippen LogP contribution in [0.3, 0.4) is 0 Å². The summed E-state index contributed by atoms with van der Waals surface area (Å²) in [5.41, 5.74) is 1.98. The van der Waals surface area contributed by atoms with Gasteiger partial charge in [0.15, 0.2) is 0 Å². The van der Waals surface area contributed by atoms with E-state index in [2.05, 4.69) is 10.3 Å². The first kappa shape index (κ1) is 13.0. The summed E-state index contributed by atoms with van der Waals surface area (Å²) in [5.74, 6) is 0.905. The van der Waals surface area contributed by atoms with Crippen LogP contribution in [-0.2, 0) is 6.54 Å². The Kier molecular flexibility index (Phi) is 3.91. The molecular formula is C13H17F2N3. The fourth-order valence-electron chi connectivity index (χ4n) is 1.97. The standard InChI is InChI=1S/C13H17F2N3/c1-9(13(14)15)16-7-8-18-10(2)17-11-5-3-4-6-12(11)18/h3-6,9,13,16H,7-8H2,1-2H3. The summed E-state index contributed by atoms with van der Waals surface area (Å²) in [7, 11) is 0. The molecule has 0 fully saturated rings. The first-order chi connectivity index (χ1) is 8.59. The van der Waals surface area contributed by atoms with Crippen molar-refractivity contribution in [3.63, 3.8) is 0 Å². The Morgan fingerprint density at radius 2 is 2.06 bits per heavy atom. The van der Waals surface area contributed by atoms with Gasteiger partial charge >= 0.3 is 0 Å². The number of para-hydroxylation sites is 2. The third-order valence-corrected chi connectivity index (χ3v) is 3.03. The highest BCUT2D eigenvalue weighted by Gasteiger charge is 2.13. The van der Waals surface area contributed by atoms with Crippen LogP contribution in [0.1, 0.15) is 12.7 Å². The summed E-state index contributed by atoms with van der Waals surface area (Å²) >= 11 is 0. The van der Waals surface area contributed by atoms with Crippen LogP contribution in [0.5, 0.6) is 0 Å². The molecule has 18 heavy (non-hydrogen) atoms. The molecule has 2 aromatic rings. The molecule has 0 aliphatic carbocycles. The summed E-state index contributed by atoms with van der Waals surface area (Å²) in [6, 6.07) is 7.06. The average molecular weight is 253 g/mol. The molecule has 1 heterocycles. The van der Waals surface area contributed by atoms with Crippen LogP contribution < -0.4 is 5.32 Å². The van der Waals surface area contributed by atoms with E-state index in [0.717, 1.165) is 16.9 Å². The molecule has 0 saturated heterocycles. The number of halogens is 2. The highest BCUT2D eigenvalue weighted by molar-refractivity contribution is 5.75. The molecular weight excluding hydrogens is 236 g/mol. The van der Waals surface area contributed by atoms with Crippen molar-refractivity contribution in [1.82, 2.24) is 14.9 Å². The number of rotatable bonds is 5. The topological polar surface area (TPSA) is 29.9 Å². The average Bonchev–Trinajstić information content (AvgIpc) is 2.65. The van der Waals surface area contributed by atoms with Gasteiger partial charge in [0.2, 0.25) is 0 Å². The molecule has 0 spiro atoms. The predicted octanol–water partition coefficient (Wildman–Crippen LogP) is 2.59. The Bertz CT molecular complexity index is 522. The first-order valence-corrected chi connectivity index (χ1v) is 6.03. The third-order valence-electron chi connectivity index (χ3n) is 3.03. The van der Waals surface area contributed by atoms with Crippen LogP contribution >= 0.6 is 0 Å². The third kappa shape index (κ3) is 2.67. The Morgan fingerprint density at radius 3 is 2.78 bits per heavy atom. The maximum Gasteiger partial charge on any atom is 0.253 e. The van der Waals surface area contributed by atoms with Gasteiger partial charge in [-0.1, -0.05) is 12.1 Å². The minimum Gasteiger partial charge on any atom is -0.327 e. The van der Waals surface area contributed by atoms with Crippen LogP contribution in [0.2, 0.25) is 0 Å². The predicted molar refractivity (Wildman–Crippen MR) is 67.9 cm³/mol. The van der Waals surface area contributed by atoms with Crippen LogP contribution in [0.4, 0.5) is 8.78 Å². The number of hydrogen-bond acceptors (Lipinski definition) is 2. The second-order valence-electron chi connectivity index (χ2n) is 4.38. The molecule has 0 amide bonds. The lowest BCUT2D eigenvalue weighted by Gasteiger charge is -2.13. The Labute approximate surface area is 105 Å². The molecule has 3 nitrogen and oxygen atoms in total. The summed E-state index contributed by atoms with van der Waals surface area (Å²) in [5, 5.41) is 2.81. The number of alkyl halides is 2. The number of aromatic nitrogens is 2. The quantitative estimate of drug-likeness (QED) is 0.887. The number of nitrogens with zero attached hydrogens (tertiary/aromatic N) is 2. The van der Waals surface area contributed by atoms with Crippen LogP contribution in [0, 0.1) is 6.92 Å². The van der Waals surface area contributed by atoms with E-state index in [-0.39, 0.29) is 0 Å². The normalized spacial score (nSPS) is 13.4. The van der Waals surface area contributed by atoms with Crippen molar-refractivity contribution in [2.75, 3.05) is 6.54 Å². The summed E-state index contributed by atoms with van der Waals surface area (Å²) in [4.78, 5) is 4.43. The van der Waals surface area contributed by atoms with E-state index in [0.29, 0.717) is 13.1 Å². The van der Waals surface area contributed by atoms with Crippen molar-refractivity contribution in [2.24, 2.45) is 0 Å². The number of hydrogen-bond donors (Lipinski definition) is 1. The lowest BCUT2D eigenvalue weighted by Crippen LogP contribution is -2.34. The molecule has 0 aliphatic rings. The first-order valence-electron chi connectivity index (χ1n) is 6.03. The van der Waals surface area contributed by atoms with Gasteiger partial charge in [0.1, 0.15) is 5.82 Å². The molecule has 1 unspecified atom stereocenters. The monoisotopic (exact) mass is 253 g/mol. The zero-order valence-corrected chi connectivity index (χ0v) is 10.5. The maximum absolute atomic E-state index is 12.3. The van der Waals surface area contributed by atoms with E-state index in [1.54, 1.807) is 0 Å². The lowest BCUT2D eigenvalue weighted by atomic mass is 10.3. The minimum atomic E-state index is -2.33. The molecule has 0 saturated carbocycles. The molecule has 2 rings (SSSR count). The fourth-order valence-corrected chi connectivity index (χ4v) is 1.97. The van der Waals surface area contributed by atoms with Crippen molar-refractivity contribution in [3.8, 4) is 0 Å². The van der Waals surface area contributed by atoms with Crippen LogP contribution in [0.25, 0.3) is 11.0 Å². The second-order valence-corrected chi connectivity index (χ2v) is 4.38. The largest absolute Gasteiger partial charge is 0.327 e. The van der Waals surface area contributed by atoms with Crippen LogP contribution in [0.15, 0.2) is 24.3 Å². The molecule has 0 aliphatic heterocycles. The van der Waals surface area contributed by atoms with Gasteiger partial charge in [-0.05, 0) is 26.0 Å². The highest BCUT2D eigenvalue weighted by atomic mass is 19.3. The van der Waals surface area contributed by atoms with E-state index >= 15 is 0 Å². The SMILES string of the molecule is Cc1nc2ccccc2n1CCNC(C)C(F)F. The molecule has 0 bridgehead atoms. The van der Waals surface area contributed by atoms with Gasteiger partial charge in [-0.25, -0.2) is 13.8 Å². The van der Waals surface area contributed by atoms with Gasteiger partial charge < -0.3 is 9.88 Å². The summed E-state index contributed by atoms with van der Waals surface area (Å²) < 4.78 is 26.7. The molecule has 1 aromatic carbocycles. The smallest absolute Gasteiger partial charge is 0.253 e. The summed E-state index contributed by atoms with van der Waals surface area (Å²) in [6.07, 6.45) is -2.33. The van der Waals surface area contributed by atoms with Gasteiger partial charge in [-0.15, -0.1) is 0 Å². The van der Waals surface area contributed by atoms with E-state index in [9.17, 15) is 8.78 Å². The van der Waals surface area contributed by atoms with E-state index in [4.69, 9.17) is 0 Å². The number of imidazole rings is 1. The van der Waals surface area contributed by atoms with Crippen molar-refractivity contribution in [2.45, 2.75) is 32.9 Å². The molecule has 5 heteroatoms. The zero-order valence-electron chi connectivity index (χ0n) is 10.5. The van der Waals surface area contributed by atoms with E-state index in [1.165, 1.54) is 6.92 Å². The number of nitrogens with one attached hydrogen (secondary N) is 1. The molecule has 98 valence electrons. The lowest BCUT2D eigenvalue weighted by molar-refractivity contribution is 0.106. The van der Waals surface area contributed by atoms with Gasteiger partial charge in [-0.3, -0.25) is 0 Å². The Balaban J connectivity index is 2.05. The Hall–Kier alpha value is -1.49. The molecule has 0 radical (unpaired) electrons. The summed E-state index contributed by atoms with van der Waals surface area (Å²) in [6.45, 7) is 4.57. The van der Waals surface area contributed by atoms with Crippen molar-refractivity contribution >= 4 is 11.0 Å². The fraction of sp³-hybridized carbons (Fsp3) is 0.462. The molecule has 1 N–H and O–H groups in total. The molecule has 1 atom stereocenters. The highest BCUT2D eigenvalue weighted by Crippen LogP contribution is 2.14. The van der Waals surface area contributed by atoms with Gasteiger partial charge in [-0.2, -0.15) is 0 Å².